The van der Waals surface area contributed by atoms with E-state index in [0.29, 0.717) is 11.5 Å². The van der Waals surface area contributed by atoms with Gasteiger partial charge in [-0.25, -0.2) is 4.57 Å². The van der Waals surface area contributed by atoms with E-state index >= 15 is 0 Å². The van der Waals surface area contributed by atoms with Gasteiger partial charge in [0.25, 0.3) is 0 Å². The summed E-state index contributed by atoms with van der Waals surface area (Å²) in [4.78, 5) is 0. The molecule has 6 rings (SSSR count). The van der Waals surface area contributed by atoms with E-state index in [1.165, 1.54) is 36.1 Å². The van der Waals surface area contributed by atoms with Crippen LogP contribution in [-0.2, 0) is 7.05 Å². The van der Waals surface area contributed by atoms with Crippen molar-refractivity contribution >= 4 is 30.0 Å². The summed E-state index contributed by atoms with van der Waals surface area (Å²) >= 11 is 0. The molecule has 0 radical (unpaired) electrons. The Hall–Kier alpha value is -3.68. The summed E-state index contributed by atoms with van der Waals surface area (Å²) in [7, 11) is 1.09. The van der Waals surface area contributed by atoms with Crippen LogP contribution in [0.3, 0.4) is 0 Å². The van der Waals surface area contributed by atoms with E-state index in [1.807, 2.05) is 18.2 Å². The number of aromatic nitrogens is 1. The zero-order valence-corrected chi connectivity index (χ0v) is 23.1. The second-order valence-corrected chi connectivity index (χ2v) is 16.8. The van der Waals surface area contributed by atoms with Crippen LogP contribution >= 0.6 is 0 Å². The molecular weight excluding hydrogens is 468 g/mol. The van der Waals surface area contributed by atoms with Crippen LogP contribution in [0.2, 0.25) is 25.2 Å². The molecule has 3 nitrogen and oxygen atoms in total. The Morgan fingerprint density at radius 1 is 0.865 bits per heavy atom. The summed E-state index contributed by atoms with van der Waals surface area (Å²) in [5.41, 5.74) is 9.04. The highest BCUT2D eigenvalue weighted by molar-refractivity contribution is 6.77. The lowest BCUT2D eigenvalue weighted by Gasteiger charge is -2.33. The number of nitriles is 1. The van der Waals surface area contributed by atoms with Crippen molar-refractivity contribution in [2.24, 2.45) is 7.05 Å². The van der Waals surface area contributed by atoms with Gasteiger partial charge in [-0.1, -0.05) is 61.6 Å². The van der Waals surface area contributed by atoms with Crippen LogP contribution in [0.1, 0.15) is 35.4 Å². The van der Waals surface area contributed by atoms with Gasteiger partial charge in [0.1, 0.15) is 18.2 Å². The minimum Gasteiger partial charge on any atom is -0.454 e. The lowest BCUT2D eigenvalue weighted by molar-refractivity contribution is -0.660. The highest BCUT2D eigenvalue weighted by Gasteiger charge is 2.29. The SMILES string of the molecule is Cc1ccc2c(oc3c(-c4ccc(C5CC[Si](C)(C)CC5)cc4)c(C#N)ccc32)c1-c1cccc[n+]1C. The van der Waals surface area contributed by atoms with Crippen molar-refractivity contribution in [3.8, 4) is 28.5 Å². The standard InChI is InChI=1S/C33H33N2OSi/c1-22-8-14-27-28-15-13-26(21-34)31(33(28)36-32(27)30(22)29-7-5-6-18-35(29)2)25-11-9-23(10-12-25)24-16-19-37(3,4)20-17-24/h5-15,18,24H,16-17,19-20H2,1-4H3/q+1. The predicted molar refractivity (Wildman–Crippen MR) is 154 cm³/mol. The number of fused-ring (bicyclic) bond motifs is 3. The fourth-order valence-corrected chi connectivity index (χ4v) is 8.65. The molecule has 184 valence electrons. The third-order valence-electron chi connectivity index (χ3n) is 8.46. The highest BCUT2D eigenvalue weighted by atomic mass is 28.3. The molecule has 3 aromatic carbocycles. The van der Waals surface area contributed by atoms with Crippen molar-refractivity contribution in [2.45, 2.75) is 50.9 Å². The molecule has 3 heterocycles. The van der Waals surface area contributed by atoms with Crippen molar-refractivity contribution in [2.75, 3.05) is 0 Å². The van der Waals surface area contributed by atoms with Crippen LogP contribution < -0.4 is 4.57 Å². The zero-order valence-electron chi connectivity index (χ0n) is 22.1. The Bertz CT molecular complexity index is 1680. The van der Waals surface area contributed by atoms with E-state index in [0.717, 1.165) is 44.3 Å². The van der Waals surface area contributed by atoms with E-state index in [9.17, 15) is 5.26 Å². The average Bonchev–Trinajstić information content (AvgIpc) is 3.27. The molecule has 0 saturated carbocycles. The van der Waals surface area contributed by atoms with Crippen molar-refractivity contribution in [1.29, 1.82) is 5.26 Å². The highest BCUT2D eigenvalue weighted by Crippen LogP contribution is 2.43. The topological polar surface area (TPSA) is 40.8 Å². The second kappa shape index (κ2) is 9.01. The average molecular weight is 502 g/mol. The molecule has 0 amide bonds. The number of nitrogens with zero attached hydrogens (tertiary/aromatic N) is 2. The maximum Gasteiger partial charge on any atom is 0.216 e. The number of pyridine rings is 1. The minimum atomic E-state index is -0.975. The lowest BCUT2D eigenvalue weighted by atomic mass is 9.90. The molecular formula is C33H33N2OSi+. The number of furan rings is 1. The first-order valence-electron chi connectivity index (χ1n) is 13.3. The Morgan fingerprint density at radius 3 is 2.22 bits per heavy atom. The van der Waals surface area contributed by atoms with Gasteiger partial charge in [-0.3, -0.25) is 0 Å². The van der Waals surface area contributed by atoms with Gasteiger partial charge < -0.3 is 4.42 Å². The number of benzene rings is 3. The molecule has 1 aliphatic heterocycles. The first kappa shape index (κ1) is 23.7. The molecule has 1 aliphatic rings. The van der Waals surface area contributed by atoms with Gasteiger partial charge in [-0.2, -0.15) is 5.26 Å². The van der Waals surface area contributed by atoms with Gasteiger partial charge >= 0.3 is 0 Å². The number of aryl methyl sites for hydroxylation is 2. The van der Waals surface area contributed by atoms with Gasteiger partial charge in [0.15, 0.2) is 6.20 Å². The molecule has 2 aromatic heterocycles. The molecule has 0 unspecified atom stereocenters. The van der Waals surface area contributed by atoms with Crippen LogP contribution in [0, 0.1) is 18.3 Å². The first-order chi connectivity index (χ1) is 17.9. The van der Waals surface area contributed by atoms with Crippen LogP contribution in [0.25, 0.3) is 44.3 Å². The smallest absolute Gasteiger partial charge is 0.216 e. The zero-order chi connectivity index (χ0) is 25.7. The number of hydrogen-bond acceptors (Lipinski definition) is 2. The van der Waals surface area contributed by atoms with Gasteiger partial charge in [0, 0.05) is 36.5 Å². The van der Waals surface area contributed by atoms with Crippen molar-refractivity contribution < 1.29 is 8.98 Å². The molecule has 0 spiro atoms. The molecule has 5 aromatic rings. The first-order valence-corrected chi connectivity index (χ1v) is 16.7. The second-order valence-electron chi connectivity index (χ2n) is 11.5. The summed E-state index contributed by atoms with van der Waals surface area (Å²) in [5.74, 6) is 0.657. The van der Waals surface area contributed by atoms with Gasteiger partial charge in [0.05, 0.1) is 17.2 Å². The molecule has 0 bridgehead atoms. The Balaban J connectivity index is 1.51. The summed E-state index contributed by atoms with van der Waals surface area (Å²) in [6, 6.07) is 28.7. The molecule has 0 atom stereocenters. The van der Waals surface area contributed by atoms with Gasteiger partial charge in [0.2, 0.25) is 5.69 Å². The van der Waals surface area contributed by atoms with Crippen molar-refractivity contribution in [1.82, 2.24) is 0 Å². The summed E-state index contributed by atoms with van der Waals surface area (Å²) in [5, 5.41) is 12.2. The van der Waals surface area contributed by atoms with E-state index in [1.54, 1.807) is 0 Å². The summed E-state index contributed by atoms with van der Waals surface area (Å²) in [6.45, 7) is 7.17. The number of rotatable bonds is 3. The van der Waals surface area contributed by atoms with E-state index in [2.05, 4.69) is 92.4 Å². The summed E-state index contributed by atoms with van der Waals surface area (Å²) < 4.78 is 8.84. The van der Waals surface area contributed by atoms with E-state index < -0.39 is 8.07 Å². The van der Waals surface area contributed by atoms with Crippen LogP contribution in [-0.4, -0.2) is 8.07 Å². The van der Waals surface area contributed by atoms with Crippen LogP contribution in [0.4, 0.5) is 0 Å². The Kier molecular flexibility index (Phi) is 5.77. The molecule has 1 fully saturated rings. The van der Waals surface area contributed by atoms with Gasteiger partial charge in [-0.15, -0.1) is 0 Å². The van der Waals surface area contributed by atoms with E-state index in [-0.39, 0.29) is 0 Å². The minimum absolute atomic E-state index is 0.647. The maximum atomic E-state index is 10.0. The van der Waals surface area contributed by atoms with Gasteiger partial charge in [-0.05, 0) is 60.6 Å². The third-order valence-corrected chi connectivity index (χ3v) is 11.7. The molecule has 4 heteroatoms. The fraction of sp³-hybridized carbons (Fsp3) is 0.273. The largest absolute Gasteiger partial charge is 0.454 e. The molecule has 0 aliphatic carbocycles. The molecule has 37 heavy (non-hydrogen) atoms. The fourth-order valence-electron chi connectivity index (χ4n) is 6.14. The summed E-state index contributed by atoms with van der Waals surface area (Å²) in [6.07, 6.45) is 4.67. The normalized spacial score (nSPS) is 15.8. The molecule has 0 N–H and O–H groups in total. The van der Waals surface area contributed by atoms with Crippen LogP contribution in [0.15, 0.2) is 77.3 Å². The Morgan fingerprint density at radius 2 is 1.54 bits per heavy atom. The molecule has 1 saturated heterocycles. The lowest BCUT2D eigenvalue weighted by Crippen LogP contribution is -2.30. The van der Waals surface area contributed by atoms with Crippen LogP contribution in [0.5, 0.6) is 0 Å². The predicted octanol–water partition coefficient (Wildman–Crippen LogP) is 8.51. The monoisotopic (exact) mass is 501 g/mol. The number of hydrogen-bond donors (Lipinski definition) is 0. The van der Waals surface area contributed by atoms with Crippen molar-refractivity contribution in [3.05, 3.63) is 89.6 Å². The van der Waals surface area contributed by atoms with Crippen molar-refractivity contribution in [3.63, 3.8) is 0 Å². The third kappa shape index (κ3) is 4.08. The quantitative estimate of drug-likeness (QED) is 0.184. The van der Waals surface area contributed by atoms with E-state index in [4.69, 9.17) is 4.42 Å². The maximum absolute atomic E-state index is 10.0. The Labute approximate surface area is 220 Å².